The molecule has 1 aromatic heterocycles. The Hall–Kier alpha value is -1.69. The van der Waals surface area contributed by atoms with Crippen LogP contribution in [0.3, 0.4) is 0 Å². The van der Waals surface area contributed by atoms with E-state index in [1.54, 1.807) is 0 Å². The fourth-order valence-corrected chi connectivity index (χ4v) is 2.26. The van der Waals surface area contributed by atoms with Crippen molar-refractivity contribution in [2.75, 3.05) is 31.2 Å². The number of nitrogens with zero attached hydrogens (tertiary/aromatic N) is 3. The van der Waals surface area contributed by atoms with Crippen molar-refractivity contribution in [1.29, 1.82) is 0 Å². The second kappa shape index (κ2) is 4.20. The number of hydrogen-bond acceptors (Lipinski definition) is 5. The molecule has 1 spiro atoms. The molecule has 1 aromatic rings. The van der Waals surface area contributed by atoms with E-state index in [1.807, 2.05) is 0 Å². The Bertz CT molecular complexity index is 456. The molecule has 0 atom stereocenters. The molecule has 2 aliphatic rings. The van der Waals surface area contributed by atoms with E-state index in [1.165, 1.54) is 25.2 Å². The molecule has 1 aliphatic heterocycles. The highest BCUT2D eigenvalue weighted by atomic mass is 16.5. The van der Waals surface area contributed by atoms with E-state index in [2.05, 4.69) is 14.9 Å². The van der Waals surface area contributed by atoms with Gasteiger partial charge in [-0.3, -0.25) is 0 Å². The molecule has 6 heteroatoms. The molecule has 96 valence electrons. The summed E-state index contributed by atoms with van der Waals surface area (Å²) in [4.78, 5) is 21.0. The zero-order valence-corrected chi connectivity index (χ0v) is 10.0. The summed E-state index contributed by atoms with van der Waals surface area (Å²) in [5, 5.41) is 8.79. The van der Waals surface area contributed by atoms with Gasteiger partial charge in [0, 0.05) is 18.5 Å². The fraction of sp³-hybridized carbons (Fsp3) is 0.583. The molecule has 1 N–H and O–H groups in total. The standard InChI is InChI=1S/C12H15N3O3/c16-11(17)9-5-14-10(6-13-9)15-3-4-18-8-12(7-15)1-2-12/h5-6H,1-4,7-8H2,(H,16,17). The van der Waals surface area contributed by atoms with Gasteiger partial charge in [0.05, 0.1) is 25.6 Å². The predicted molar refractivity (Wildman–Crippen MR) is 63.7 cm³/mol. The Labute approximate surface area is 105 Å². The van der Waals surface area contributed by atoms with Crippen LogP contribution < -0.4 is 4.90 Å². The topological polar surface area (TPSA) is 75.5 Å². The van der Waals surface area contributed by atoms with Crippen molar-refractivity contribution in [1.82, 2.24) is 9.97 Å². The third-order valence-corrected chi connectivity index (χ3v) is 3.58. The molecular weight excluding hydrogens is 234 g/mol. The van der Waals surface area contributed by atoms with E-state index >= 15 is 0 Å². The van der Waals surface area contributed by atoms with Crippen LogP contribution in [0, 0.1) is 5.41 Å². The highest BCUT2D eigenvalue weighted by Gasteiger charge is 2.45. The summed E-state index contributed by atoms with van der Waals surface area (Å²) in [5.74, 6) is -0.316. The van der Waals surface area contributed by atoms with Crippen molar-refractivity contribution in [2.45, 2.75) is 12.8 Å². The van der Waals surface area contributed by atoms with Gasteiger partial charge in [-0.25, -0.2) is 14.8 Å². The molecule has 1 saturated heterocycles. The molecule has 2 heterocycles. The van der Waals surface area contributed by atoms with E-state index < -0.39 is 5.97 Å². The number of carboxylic acids is 1. The molecule has 18 heavy (non-hydrogen) atoms. The van der Waals surface area contributed by atoms with Crippen LogP contribution in [-0.4, -0.2) is 47.3 Å². The van der Waals surface area contributed by atoms with Crippen molar-refractivity contribution in [3.05, 3.63) is 18.1 Å². The van der Waals surface area contributed by atoms with Gasteiger partial charge in [-0.1, -0.05) is 0 Å². The first kappa shape index (κ1) is 11.4. The van der Waals surface area contributed by atoms with Crippen molar-refractivity contribution in [3.63, 3.8) is 0 Å². The zero-order chi connectivity index (χ0) is 12.6. The van der Waals surface area contributed by atoms with Crippen LogP contribution in [0.5, 0.6) is 0 Å². The molecule has 0 unspecified atom stereocenters. The van der Waals surface area contributed by atoms with Crippen LogP contribution in [0.1, 0.15) is 23.3 Å². The summed E-state index contributed by atoms with van der Waals surface area (Å²) in [6, 6.07) is 0. The number of aromatic nitrogens is 2. The average molecular weight is 249 g/mol. The minimum atomic E-state index is -1.05. The lowest BCUT2D eigenvalue weighted by atomic mass is 10.1. The van der Waals surface area contributed by atoms with Crippen LogP contribution in [0.15, 0.2) is 12.4 Å². The first-order valence-corrected chi connectivity index (χ1v) is 6.07. The summed E-state index contributed by atoms with van der Waals surface area (Å²) in [6.07, 6.45) is 5.24. The van der Waals surface area contributed by atoms with E-state index in [-0.39, 0.29) is 5.69 Å². The minimum absolute atomic E-state index is 0.0223. The molecular formula is C12H15N3O3. The third kappa shape index (κ3) is 2.15. The summed E-state index contributed by atoms with van der Waals surface area (Å²) < 4.78 is 5.60. The maximum Gasteiger partial charge on any atom is 0.356 e. The minimum Gasteiger partial charge on any atom is -0.476 e. The lowest BCUT2D eigenvalue weighted by Gasteiger charge is -2.23. The SMILES string of the molecule is O=C(O)c1cnc(N2CCOCC3(CC3)C2)cn1. The number of carboxylic acid groups (broad SMARTS) is 1. The zero-order valence-electron chi connectivity index (χ0n) is 10.0. The molecule has 1 aliphatic carbocycles. The molecule has 0 bridgehead atoms. The molecule has 2 fully saturated rings. The normalized spacial score (nSPS) is 21.7. The number of rotatable bonds is 2. The smallest absolute Gasteiger partial charge is 0.356 e. The molecule has 0 amide bonds. The molecule has 3 rings (SSSR count). The summed E-state index contributed by atoms with van der Waals surface area (Å²) in [6.45, 7) is 3.21. The fourth-order valence-electron chi connectivity index (χ4n) is 2.26. The van der Waals surface area contributed by atoms with Gasteiger partial charge in [0.1, 0.15) is 5.82 Å². The maximum absolute atomic E-state index is 10.7. The van der Waals surface area contributed by atoms with Crippen molar-refractivity contribution in [3.8, 4) is 0 Å². The predicted octanol–water partition coefficient (Wildman–Crippen LogP) is 0.792. The Kier molecular flexibility index (Phi) is 2.66. The third-order valence-electron chi connectivity index (χ3n) is 3.58. The Morgan fingerprint density at radius 1 is 1.39 bits per heavy atom. The highest BCUT2D eigenvalue weighted by molar-refractivity contribution is 5.84. The van der Waals surface area contributed by atoms with Gasteiger partial charge in [-0.2, -0.15) is 0 Å². The lowest BCUT2D eigenvalue weighted by Crippen LogP contribution is -2.31. The van der Waals surface area contributed by atoms with Crippen molar-refractivity contribution < 1.29 is 14.6 Å². The summed E-state index contributed by atoms with van der Waals surface area (Å²) >= 11 is 0. The van der Waals surface area contributed by atoms with E-state index in [4.69, 9.17) is 9.84 Å². The molecule has 1 saturated carbocycles. The number of ether oxygens (including phenoxy) is 1. The monoisotopic (exact) mass is 249 g/mol. The van der Waals surface area contributed by atoms with Gasteiger partial charge >= 0.3 is 5.97 Å². The first-order valence-electron chi connectivity index (χ1n) is 6.07. The Morgan fingerprint density at radius 2 is 2.22 bits per heavy atom. The Balaban J connectivity index is 1.78. The number of carbonyl (C=O) groups is 1. The van der Waals surface area contributed by atoms with Gasteiger partial charge in [0.25, 0.3) is 0 Å². The number of anilines is 1. The first-order chi connectivity index (χ1) is 8.69. The van der Waals surface area contributed by atoms with Gasteiger partial charge in [-0.05, 0) is 12.8 Å². The van der Waals surface area contributed by atoms with Gasteiger partial charge < -0.3 is 14.7 Å². The highest BCUT2D eigenvalue weighted by Crippen LogP contribution is 2.47. The summed E-state index contributed by atoms with van der Waals surface area (Å²) in [7, 11) is 0. The second-order valence-corrected chi connectivity index (χ2v) is 5.04. The summed E-state index contributed by atoms with van der Waals surface area (Å²) in [5.41, 5.74) is 0.273. The van der Waals surface area contributed by atoms with Crippen LogP contribution in [0.4, 0.5) is 5.82 Å². The quantitative estimate of drug-likeness (QED) is 0.835. The molecule has 0 aromatic carbocycles. The van der Waals surface area contributed by atoms with Crippen molar-refractivity contribution in [2.24, 2.45) is 5.41 Å². The maximum atomic E-state index is 10.7. The van der Waals surface area contributed by atoms with Gasteiger partial charge in [0.15, 0.2) is 5.69 Å². The van der Waals surface area contributed by atoms with Crippen LogP contribution in [0.25, 0.3) is 0 Å². The Morgan fingerprint density at radius 3 is 2.83 bits per heavy atom. The largest absolute Gasteiger partial charge is 0.476 e. The van der Waals surface area contributed by atoms with Crippen molar-refractivity contribution >= 4 is 11.8 Å². The van der Waals surface area contributed by atoms with E-state index in [0.29, 0.717) is 12.0 Å². The molecule has 0 radical (unpaired) electrons. The number of hydrogen-bond donors (Lipinski definition) is 1. The lowest BCUT2D eigenvalue weighted by molar-refractivity contribution is 0.0690. The van der Waals surface area contributed by atoms with E-state index in [0.717, 1.165) is 25.5 Å². The van der Waals surface area contributed by atoms with E-state index in [9.17, 15) is 4.79 Å². The van der Waals surface area contributed by atoms with Gasteiger partial charge in [0.2, 0.25) is 0 Å². The van der Waals surface area contributed by atoms with Crippen LogP contribution in [-0.2, 0) is 4.74 Å². The number of aromatic carboxylic acids is 1. The second-order valence-electron chi connectivity index (χ2n) is 5.04. The van der Waals surface area contributed by atoms with Gasteiger partial charge in [-0.15, -0.1) is 0 Å². The average Bonchev–Trinajstić information content (AvgIpc) is 3.17. The van der Waals surface area contributed by atoms with Crippen LogP contribution >= 0.6 is 0 Å². The van der Waals surface area contributed by atoms with Crippen LogP contribution in [0.2, 0.25) is 0 Å². The molecule has 6 nitrogen and oxygen atoms in total.